The van der Waals surface area contributed by atoms with Gasteiger partial charge in [-0.1, -0.05) is 48.0 Å². The van der Waals surface area contributed by atoms with Crippen LogP contribution in [0.2, 0.25) is 5.02 Å². The summed E-state index contributed by atoms with van der Waals surface area (Å²) in [7, 11) is 0. The molecule has 0 fully saturated rings. The monoisotopic (exact) mass is 230 g/mol. The van der Waals surface area contributed by atoms with Gasteiger partial charge in [0, 0.05) is 5.02 Å². The van der Waals surface area contributed by atoms with E-state index >= 15 is 0 Å². The first-order chi connectivity index (χ1) is 7.74. The Bertz CT molecular complexity index is 470. The Balaban J connectivity index is 2.21. The third kappa shape index (κ3) is 2.88. The molecule has 16 heavy (non-hydrogen) atoms. The zero-order chi connectivity index (χ0) is 11.4. The van der Waals surface area contributed by atoms with E-state index in [2.05, 4.69) is 0 Å². The van der Waals surface area contributed by atoms with Gasteiger partial charge >= 0.3 is 0 Å². The smallest absolute Gasteiger partial charge is 0.116 e. The van der Waals surface area contributed by atoms with Gasteiger partial charge < -0.3 is 5.11 Å². The Morgan fingerprint density at radius 2 is 1.50 bits per heavy atom. The number of hydrogen-bond acceptors (Lipinski definition) is 1. The van der Waals surface area contributed by atoms with E-state index in [4.69, 9.17) is 11.6 Å². The van der Waals surface area contributed by atoms with Crippen LogP contribution in [0.25, 0.3) is 12.2 Å². The van der Waals surface area contributed by atoms with Crippen LogP contribution < -0.4 is 0 Å². The highest BCUT2D eigenvalue weighted by Crippen LogP contribution is 2.16. The third-order valence-electron chi connectivity index (χ3n) is 2.19. The maximum Gasteiger partial charge on any atom is 0.116 e. The van der Waals surface area contributed by atoms with Crippen LogP contribution in [0.1, 0.15) is 11.1 Å². The third-order valence-corrected chi connectivity index (χ3v) is 2.42. The topological polar surface area (TPSA) is 20.2 Å². The zero-order valence-electron chi connectivity index (χ0n) is 8.60. The molecule has 0 amide bonds. The van der Waals surface area contributed by atoms with Gasteiger partial charge in [0.05, 0.1) is 0 Å². The lowest BCUT2D eigenvalue weighted by Crippen LogP contribution is -1.73. The van der Waals surface area contributed by atoms with Crippen molar-refractivity contribution in [2.75, 3.05) is 0 Å². The van der Waals surface area contributed by atoms with Crippen molar-refractivity contribution in [3.05, 3.63) is 64.7 Å². The van der Waals surface area contributed by atoms with E-state index in [1.165, 1.54) is 0 Å². The standard InChI is InChI=1S/C14H11ClO/c15-13-5-1-3-11(9-13)7-8-12-4-2-6-14(16)10-12/h1-10,16H. The van der Waals surface area contributed by atoms with Crippen LogP contribution in [-0.2, 0) is 0 Å². The van der Waals surface area contributed by atoms with E-state index in [-0.39, 0.29) is 5.75 Å². The average Bonchev–Trinajstić information content (AvgIpc) is 2.27. The maximum absolute atomic E-state index is 9.30. The number of rotatable bonds is 2. The molecule has 0 radical (unpaired) electrons. The summed E-state index contributed by atoms with van der Waals surface area (Å²) in [5, 5.41) is 10.0. The van der Waals surface area contributed by atoms with E-state index in [9.17, 15) is 5.11 Å². The number of phenols is 1. The summed E-state index contributed by atoms with van der Waals surface area (Å²) in [5.74, 6) is 0.272. The van der Waals surface area contributed by atoms with Crippen LogP contribution in [-0.4, -0.2) is 5.11 Å². The molecule has 1 N–H and O–H groups in total. The van der Waals surface area contributed by atoms with Crippen LogP contribution in [0.4, 0.5) is 0 Å². The Kier molecular flexibility index (Phi) is 3.28. The van der Waals surface area contributed by atoms with Gasteiger partial charge in [0.1, 0.15) is 5.75 Å². The second kappa shape index (κ2) is 4.86. The molecule has 0 heterocycles. The molecular formula is C14H11ClO. The first-order valence-electron chi connectivity index (χ1n) is 4.97. The lowest BCUT2D eigenvalue weighted by atomic mass is 10.1. The van der Waals surface area contributed by atoms with Crippen molar-refractivity contribution < 1.29 is 5.11 Å². The summed E-state index contributed by atoms with van der Waals surface area (Å²) in [5.41, 5.74) is 2.00. The molecule has 80 valence electrons. The Labute approximate surface area is 99.6 Å². The quantitative estimate of drug-likeness (QED) is 0.766. The fraction of sp³-hybridized carbons (Fsp3) is 0. The molecule has 0 spiro atoms. The van der Waals surface area contributed by atoms with Crippen LogP contribution in [0.15, 0.2) is 48.5 Å². The number of hydrogen-bond donors (Lipinski definition) is 1. The van der Waals surface area contributed by atoms with Crippen molar-refractivity contribution >= 4 is 23.8 Å². The van der Waals surface area contributed by atoms with Gasteiger partial charge in [-0.2, -0.15) is 0 Å². The predicted molar refractivity (Wildman–Crippen MR) is 68.5 cm³/mol. The normalized spacial score (nSPS) is 10.8. The summed E-state index contributed by atoms with van der Waals surface area (Å²) >= 11 is 5.88. The molecular weight excluding hydrogens is 220 g/mol. The first-order valence-corrected chi connectivity index (χ1v) is 5.34. The molecule has 2 heteroatoms. The second-order valence-electron chi connectivity index (χ2n) is 3.48. The molecule has 0 unspecified atom stereocenters. The highest BCUT2D eigenvalue weighted by Gasteiger charge is 1.91. The Morgan fingerprint density at radius 1 is 0.875 bits per heavy atom. The van der Waals surface area contributed by atoms with Crippen molar-refractivity contribution in [2.45, 2.75) is 0 Å². The summed E-state index contributed by atoms with van der Waals surface area (Å²) in [6.07, 6.45) is 3.89. The molecule has 0 aromatic heterocycles. The Morgan fingerprint density at radius 3 is 2.12 bits per heavy atom. The molecule has 1 nitrogen and oxygen atoms in total. The van der Waals surface area contributed by atoms with Gasteiger partial charge in [0.25, 0.3) is 0 Å². The number of phenolic OH excluding ortho intramolecular Hbond substituents is 1. The molecule has 0 aliphatic carbocycles. The SMILES string of the molecule is Oc1cccc(C=Cc2cccc(Cl)c2)c1. The van der Waals surface area contributed by atoms with E-state index in [0.717, 1.165) is 16.1 Å². The fourth-order valence-electron chi connectivity index (χ4n) is 1.43. The van der Waals surface area contributed by atoms with E-state index in [1.54, 1.807) is 12.1 Å². The highest BCUT2D eigenvalue weighted by molar-refractivity contribution is 6.30. The molecule has 2 aromatic rings. The lowest BCUT2D eigenvalue weighted by Gasteiger charge is -1.96. The fourth-order valence-corrected chi connectivity index (χ4v) is 1.63. The van der Waals surface area contributed by atoms with Gasteiger partial charge in [-0.05, 0) is 35.4 Å². The molecule has 0 aliphatic heterocycles. The number of halogens is 1. The highest BCUT2D eigenvalue weighted by atomic mass is 35.5. The Hall–Kier alpha value is -1.73. The van der Waals surface area contributed by atoms with Gasteiger partial charge in [0.15, 0.2) is 0 Å². The molecule has 2 rings (SSSR count). The first kappa shape index (κ1) is 10.8. The minimum Gasteiger partial charge on any atom is -0.508 e. The van der Waals surface area contributed by atoms with E-state index < -0.39 is 0 Å². The largest absolute Gasteiger partial charge is 0.508 e. The predicted octanol–water partition coefficient (Wildman–Crippen LogP) is 4.22. The van der Waals surface area contributed by atoms with Crippen molar-refractivity contribution in [1.82, 2.24) is 0 Å². The molecule has 0 bridgehead atoms. The summed E-state index contributed by atoms with van der Waals surface area (Å²) in [6.45, 7) is 0. The van der Waals surface area contributed by atoms with Gasteiger partial charge in [-0.15, -0.1) is 0 Å². The molecule has 2 aromatic carbocycles. The second-order valence-corrected chi connectivity index (χ2v) is 3.92. The summed E-state index contributed by atoms with van der Waals surface area (Å²) in [4.78, 5) is 0. The lowest BCUT2D eigenvalue weighted by molar-refractivity contribution is 0.475. The van der Waals surface area contributed by atoms with Crippen molar-refractivity contribution in [3.63, 3.8) is 0 Å². The number of aromatic hydroxyl groups is 1. The van der Waals surface area contributed by atoms with Gasteiger partial charge in [-0.25, -0.2) is 0 Å². The number of benzene rings is 2. The maximum atomic E-state index is 9.30. The van der Waals surface area contributed by atoms with E-state index in [1.807, 2.05) is 48.6 Å². The molecule has 0 saturated heterocycles. The minimum absolute atomic E-state index is 0.272. The van der Waals surface area contributed by atoms with E-state index in [0.29, 0.717) is 0 Å². The molecule has 0 atom stereocenters. The van der Waals surface area contributed by atoms with Crippen molar-refractivity contribution in [1.29, 1.82) is 0 Å². The average molecular weight is 231 g/mol. The van der Waals surface area contributed by atoms with Gasteiger partial charge in [-0.3, -0.25) is 0 Å². The van der Waals surface area contributed by atoms with Crippen molar-refractivity contribution in [2.24, 2.45) is 0 Å². The van der Waals surface area contributed by atoms with Gasteiger partial charge in [0.2, 0.25) is 0 Å². The summed E-state index contributed by atoms with van der Waals surface area (Å²) in [6, 6.07) is 14.7. The minimum atomic E-state index is 0.272. The van der Waals surface area contributed by atoms with Crippen LogP contribution in [0, 0.1) is 0 Å². The van der Waals surface area contributed by atoms with Crippen molar-refractivity contribution in [3.8, 4) is 5.75 Å². The molecule has 0 aliphatic rings. The van der Waals surface area contributed by atoms with Crippen LogP contribution >= 0.6 is 11.6 Å². The zero-order valence-corrected chi connectivity index (χ0v) is 9.35. The van der Waals surface area contributed by atoms with Crippen LogP contribution in [0.5, 0.6) is 5.75 Å². The summed E-state index contributed by atoms with van der Waals surface area (Å²) < 4.78 is 0. The van der Waals surface area contributed by atoms with Crippen LogP contribution in [0.3, 0.4) is 0 Å². The molecule has 0 saturated carbocycles.